The Morgan fingerprint density at radius 3 is 2.35 bits per heavy atom. The third-order valence-electron chi connectivity index (χ3n) is 2.87. The minimum atomic E-state index is -0.345. The fourth-order valence-electron chi connectivity index (χ4n) is 2.04. The number of aryl methyl sites for hydroxylation is 1. The maximum absolute atomic E-state index is 9.90. The summed E-state index contributed by atoms with van der Waals surface area (Å²) in [6, 6.07) is 1.89. The Kier molecular flexibility index (Phi) is 7.30. The fraction of sp³-hybridized carbons (Fsp3) is 0.733. The highest BCUT2D eigenvalue weighted by Gasteiger charge is 2.08. The monoisotopic (exact) mass is 280 g/mol. The van der Waals surface area contributed by atoms with Crippen LogP contribution in [0.3, 0.4) is 0 Å². The lowest BCUT2D eigenvalue weighted by Crippen LogP contribution is -2.22. The van der Waals surface area contributed by atoms with Crippen LogP contribution in [0, 0.1) is 5.92 Å². The quantitative estimate of drug-likeness (QED) is 0.649. The van der Waals surface area contributed by atoms with Crippen molar-refractivity contribution in [1.82, 2.24) is 9.97 Å². The smallest absolute Gasteiger partial charge is 0.133 e. The van der Waals surface area contributed by atoms with E-state index in [1.165, 1.54) is 0 Å². The molecule has 114 valence electrons. The van der Waals surface area contributed by atoms with Crippen molar-refractivity contribution in [3.63, 3.8) is 0 Å². The molecule has 1 unspecified atom stereocenters. The molecule has 20 heavy (non-hydrogen) atoms. The third kappa shape index (κ3) is 6.19. The van der Waals surface area contributed by atoms with Crippen LogP contribution in [-0.2, 0) is 6.42 Å². The summed E-state index contributed by atoms with van der Waals surface area (Å²) in [6.07, 6.45) is 2.33. The van der Waals surface area contributed by atoms with Crippen molar-refractivity contribution in [1.29, 1.82) is 0 Å². The van der Waals surface area contributed by atoms with E-state index in [-0.39, 0.29) is 6.10 Å². The molecule has 0 aromatic carbocycles. The average molecular weight is 280 g/mol. The fourth-order valence-corrected chi connectivity index (χ4v) is 2.04. The molecule has 1 rings (SSSR count). The summed E-state index contributed by atoms with van der Waals surface area (Å²) in [5.41, 5.74) is 0. The lowest BCUT2D eigenvalue weighted by atomic mass is 10.1. The number of nitrogens with zero attached hydrogens (tertiary/aromatic N) is 2. The maximum atomic E-state index is 9.90. The molecule has 0 bridgehead atoms. The number of hydrogen-bond donors (Lipinski definition) is 3. The van der Waals surface area contributed by atoms with E-state index >= 15 is 0 Å². The predicted molar refractivity (Wildman–Crippen MR) is 84.1 cm³/mol. The van der Waals surface area contributed by atoms with Gasteiger partial charge in [-0.15, -0.1) is 0 Å². The first-order valence-electron chi connectivity index (χ1n) is 7.58. The molecule has 5 heteroatoms. The zero-order valence-electron chi connectivity index (χ0n) is 13.1. The van der Waals surface area contributed by atoms with Gasteiger partial charge in [0, 0.05) is 25.6 Å². The van der Waals surface area contributed by atoms with E-state index in [4.69, 9.17) is 0 Å². The summed E-state index contributed by atoms with van der Waals surface area (Å²) < 4.78 is 0. The molecular weight excluding hydrogens is 252 g/mol. The van der Waals surface area contributed by atoms with Gasteiger partial charge in [0.2, 0.25) is 0 Å². The van der Waals surface area contributed by atoms with Crippen molar-refractivity contribution >= 4 is 11.6 Å². The van der Waals surface area contributed by atoms with Crippen molar-refractivity contribution in [2.24, 2.45) is 5.92 Å². The van der Waals surface area contributed by atoms with Gasteiger partial charge in [0.05, 0.1) is 6.10 Å². The van der Waals surface area contributed by atoms with Crippen molar-refractivity contribution in [2.45, 2.75) is 53.1 Å². The highest BCUT2D eigenvalue weighted by molar-refractivity contribution is 5.47. The number of aliphatic hydroxyl groups excluding tert-OH is 1. The lowest BCUT2D eigenvalue weighted by Gasteiger charge is -2.15. The number of hydrogen-bond acceptors (Lipinski definition) is 5. The van der Waals surface area contributed by atoms with Gasteiger partial charge in [-0.1, -0.05) is 20.8 Å². The highest BCUT2D eigenvalue weighted by atomic mass is 16.3. The highest BCUT2D eigenvalue weighted by Crippen LogP contribution is 2.13. The van der Waals surface area contributed by atoms with Gasteiger partial charge in [0.25, 0.3) is 0 Å². The summed E-state index contributed by atoms with van der Waals surface area (Å²) in [5, 5.41) is 16.3. The molecule has 1 aromatic rings. The molecule has 3 N–H and O–H groups in total. The molecule has 5 nitrogen and oxygen atoms in total. The largest absolute Gasteiger partial charge is 0.391 e. The molecule has 1 aromatic heterocycles. The topological polar surface area (TPSA) is 70.1 Å². The summed E-state index contributed by atoms with van der Waals surface area (Å²) in [6.45, 7) is 9.72. The van der Waals surface area contributed by atoms with E-state index < -0.39 is 0 Å². The third-order valence-corrected chi connectivity index (χ3v) is 2.87. The van der Waals surface area contributed by atoms with Gasteiger partial charge < -0.3 is 15.7 Å². The van der Waals surface area contributed by atoms with E-state index in [1.807, 2.05) is 13.0 Å². The van der Waals surface area contributed by atoms with E-state index in [1.54, 1.807) is 0 Å². The van der Waals surface area contributed by atoms with E-state index in [0.29, 0.717) is 12.5 Å². The number of rotatable bonds is 9. The minimum Gasteiger partial charge on any atom is -0.391 e. The van der Waals surface area contributed by atoms with Crippen LogP contribution in [0.25, 0.3) is 0 Å². The van der Waals surface area contributed by atoms with Gasteiger partial charge in [-0.2, -0.15) is 0 Å². The summed E-state index contributed by atoms with van der Waals surface area (Å²) in [7, 11) is 0. The molecule has 0 radical (unpaired) electrons. The van der Waals surface area contributed by atoms with E-state index in [0.717, 1.165) is 43.3 Å². The standard InChI is InChI=1S/C15H28N4O/c1-5-7-13-18-14(16-6-2)9-15(19-13)17-10-12(20)8-11(3)4/h9,11-12,20H,5-8,10H2,1-4H3,(H2,16,17,18,19). The van der Waals surface area contributed by atoms with Crippen LogP contribution in [0.5, 0.6) is 0 Å². The Labute approximate surface area is 122 Å². The number of aromatic nitrogens is 2. The van der Waals surface area contributed by atoms with Gasteiger partial charge in [-0.3, -0.25) is 0 Å². The molecular formula is C15H28N4O. The van der Waals surface area contributed by atoms with Crippen LogP contribution in [0.2, 0.25) is 0 Å². The Balaban J connectivity index is 2.67. The molecule has 0 amide bonds. The van der Waals surface area contributed by atoms with Gasteiger partial charge in [-0.05, 0) is 25.7 Å². The van der Waals surface area contributed by atoms with Gasteiger partial charge in [-0.25, -0.2) is 9.97 Å². The molecule has 0 aliphatic carbocycles. The molecule has 0 saturated carbocycles. The van der Waals surface area contributed by atoms with Gasteiger partial charge in [0.1, 0.15) is 17.5 Å². The molecule has 1 atom stereocenters. The zero-order valence-corrected chi connectivity index (χ0v) is 13.1. The van der Waals surface area contributed by atoms with E-state index in [2.05, 4.69) is 41.4 Å². The average Bonchev–Trinajstić information content (AvgIpc) is 2.36. The molecule has 0 aliphatic heterocycles. The molecule has 1 heterocycles. The van der Waals surface area contributed by atoms with Crippen molar-refractivity contribution < 1.29 is 5.11 Å². The second-order valence-electron chi connectivity index (χ2n) is 5.50. The summed E-state index contributed by atoms with van der Waals surface area (Å²) >= 11 is 0. The van der Waals surface area contributed by atoms with Crippen molar-refractivity contribution in [3.8, 4) is 0 Å². The van der Waals surface area contributed by atoms with Crippen LogP contribution in [0.4, 0.5) is 11.6 Å². The zero-order chi connectivity index (χ0) is 15.0. The number of anilines is 2. The Hall–Kier alpha value is -1.36. The van der Waals surface area contributed by atoms with Gasteiger partial charge >= 0.3 is 0 Å². The van der Waals surface area contributed by atoms with Gasteiger partial charge in [0.15, 0.2) is 0 Å². The Morgan fingerprint density at radius 2 is 1.80 bits per heavy atom. The first kappa shape index (κ1) is 16.7. The molecule has 0 fully saturated rings. The van der Waals surface area contributed by atoms with Crippen molar-refractivity contribution in [2.75, 3.05) is 23.7 Å². The number of aliphatic hydroxyl groups is 1. The van der Waals surface area contributed by atoms with Crippen LogP contribution in [0.1, 0.15) is 46.4 Å². The second-order valence-corrected chi connectivity index (χ2v) is 5.50. The summed E-state index contributed by atoms with van der Waals surface area (Å²) in [5.74, 6) is 2.95. The van der Waals surface area contributed by atoms with Crippen LogP contribution >= 0.6 is 0 Å². The van der Waals surface area contributed by atoms with Crippen LogP contribution < -0.4 is 10.6 Å². The molecule has 0 spiro atoms. The van der Waals surface area contributed by atoms with Crippen molar-refractivity contribution in [3.05, 3.63) is 11.9 Å². The first-order chi connectivity index (χ1) is 9.55. The normalized spacial score (nSPS) is 12.5. The SMILES string of the molecule is CCCc1nc(NCC)cc(NCC(O)CC(C)C)n1. The Morgan fingerprint density at radius 1 is 1.15 bits per heavy atom. The second kappa shape index (κ2) is 8.74. The Bertz CT molecular complexity index is 371. The van der Waals surface area contributed by atoms with Crippen LogP contribution in [0.15, 0.2) is 6.07 Å². The molecule has 0 aliphatic rings. The van der Waals surface area contributed by atoms with E-state index in [9.17, 15) is 5.11 Å². The summed E-state index contributed by atoms with van der Waals surface area (Å²) in [4.78, 5) is 8.95. The first-order valence-corrected chi connectivity index (χ1v) is 7.58. The number of nitrogens with one attached hydrogen (secondary N) is 2. The predicted octanol–water partition coefficient (Wildman–Crippen LogP) is 2.68. The molecule has 0 saturated heterocycles. The van der Waals surface area contributed by atoms with Crippen LogP contribution in [-0.4, -0.2) is 34.3 Å². The minimum absolute atomic E-state index is 0.345. The lowest BCUT2D eigenvalue weighted by molar-refractivity contribution is 0.161. The maximum Gasteiger partial charge on any atom is 0.133 e.